The maximum atomic E-state index is 12.9. The maximum Gasteiger partial charge on any atom is 0.294 e. The largest absolute Gasteiger partial charge is 0.490 e. The van der Waals surface area contributed by atoms with Crippen LogP contribution in [0.3, 0.4) is 0 Å². The third-order valence-corrected chi connectivity index (χ3v) is 6.91. The number of nitrogens with zero attached hydrogens (tertiary/aromatic N) is 2. The van der Waals surface area contributed by atoms with Crippen LogP contribution in [-0.4, -0.2) is 53.1 Å². The van der Waals surface area contributed by atoms with Crippen LogP contribution < -0.4 is 9.47 Å². The second kappa shape index (κ2) is 11.6. The molecule has 0 saturated carbocycles. The molecule has 184 valence electrons. The Balaban J connectivity index is 1.45. The molecule has 0 unspecified atom stereocenters. The maximum absolute atomic E-state index is 12.9. The van der Waals surface area contributed by atoms with E-state index in [1.807, 2.05) is 19.1 Å². The normalized spacial score (nSPS) is 17.3. The monoisotopic (exact) mass is 514 g/mol. The number of thioether (sulfide) groups is 1. The Morgan fingerprint density at radius 3 is 2.49 bits per heavy atom. The average Bonchev–Trinajstić information content (AvgIpc) is 3.12. The van der Waals surface area contributed by atoms with E-state index in [2.05, 4.69) is 0 Å². The van der Waals surface area contributed by atoms with E-state index >= 15 is 0 Å². The predicted molar refractivity (Wildman–Crippen MR) is 137 cm³/mol. The topological polar surface area (TPSA) is 76.2 Å². The van der Waals surface area contributed by atoms with Crippen LogP contribution in [0.2, 0.25) is 5.02 Å². The number of hydrogen-bond acceptors (Lipinski definition) is 6. The van der Waals surface area contributed by atoms with Gasteiger partial charge in [0.1, 0.15) is 13.2 Å². The number of likely N-dealkylation sites (tertiary alicyclic amines) is 1. The van der Waals surface area contributed by atoms with E-state index in [-0.39, 0.29) is 17.4 Å². The molecule has 0 bridgehead atoms. The van der Waals surface area contributed by atoms with Crippen molar-refractivity contribution in [2.45, 2.75) is 32.8 Å². The van der Waals surface area contributed by atoms with Crippen molar-refractivity contribution in [1.82, 2.24) is 9.80 Å². The number of imide groups is 1. The van der Waals surface area contributed by atoms with Crippen LogP contribution in [0.1, 0.15) is 37.3 Å². The van der Waals surface area contributed by atoms with Crippen LogP contribution in [0.5, 0.6) is 11.5 Å². The quantitative estimate of drug-likeness (QED) is 0.441. The molecule has 0 spiro atoms. The summed E-state index contributed by atoms with van der Waals surface area (Å²) in [5, 5.41) is 0.230. The van der Waals surface area contributed by atoms with E-state index < -0.39 is 11.1 Å². The highest BCUT2D eigenvalue weighted by molar-refractivity contribution is 8.18. The van der Waals surface area contributed by atoms with Crippen LogP contribution >= 0.6 is 23.4 Å². The van der Waals surface area contributed by atoms with Crippen molar-refractivity contribution in [2.24, 2.45) is 0 Å². The van der Waals surface area contributed by atoms with Gasteiger partial charge in [0, 0.05) is 18.1 Å². The summed E-state index contributed by atoms with van der Waals surface area (Å²) in [6.45, 7) is 3.80. The number of rotatable bonds is 8. The Morgan fingerprint density at radius 1 is 1.03 bits per heavy atom. The minimum Gasteiger partial charge on any atom is -0.490 e. The molecule has 0 aromatic heterocycles. The van der Waals surface area contributed by atoms with Gasteiger partial charge in [-0.05, 0) is 79.4 Å². The molecule has 3 amide bonds. The smallest absolute Gasteiger partial charge is 0.294 e. The van der Waals surface area contributed by atoms with Crippen molar-refractivity contribution >= 4 is 46.5 Å². The first-order chi connectivity index (χ1) is 16.9. The van der Waals surface area contributed by atoms with Gasteiger partial charge in [-0.25, -0.2) is 0 Å². The van der Waals surface area contributed by atoms with Crippen LogP contribution in [0, 0.1) is 0 Å². The zero-order valence-electron chi connectivity index (χ0n) is 19.5. The molecule has 2 saturated heterocycles. The summed E-state index contributed by atoms with van der Waals surface area (Å²) < 4.78 is 11.7. The lowest BCUT2D eigenvalue weighted by atomic mass is 10.1. The van der Waals surface area contributed by atoms with Crippen molar-refractivity contribution in [3.63, 3.8) is 0 Å². The molecule has 35 heavy (non-hydrogen) atoms. The van der Waals surface area contributed by atoms with Crippen molar-refractivity contribution in [1.29, 1.82) is 0 Å². The van der Waals surface area contributed by atoms with Gasteiger partial charge in [0.05, 0.1) is 11.5 Å². The fourth-order valence-corrected chi connectivity index (χ4v) is 4.87. The first kappa shape index (κ1) is 25.1. The Labute approximate surface area is 214 Å². The van der Waals surface area contributed by atoms with E-state index in [1.54, 1.807) is 41.3 Å². The highest BCUT2D eigenvalue weighted by Gasteiger charge is 2.37. The van der Waals surface area contributed by atoms with E-state index in [1.165, 1.54) is 0 Å². The number of ether oxygens (including phenoxy) is 2. The number of carbonyl (C=O) groups is 3. The standard InChI is InChI=1S/C26H27ClN2O5S/c1-2-33-22-14-19(8-11-21(22)34-17-18-6-9-20(27)10-7-18)15-23-25(31)29(26(32)35-23)16-24(30)28-12-4-3-5-13-28/h6-11,14-15H,2-5,12-13,16-17H2,1H3/b23-15-. The van der Waals surface area contributed by atoms with Crippen LogP contribution in [0.15, 0.2) is 47.4 Å². The molecular formula is C26H27ClN2O5S. The molecule has 9 heteroatoms. The summed E-state index contributed by atoms with van der Waals surface area (Å²) in [5.41, 5.74) is 1.66. The Hall–Kier alpha value is -2.97. The van der Waals surface area contributed by atoms with E-state index in [0.717, 1.165) is 41.5 Å². The van der Waals surface area contributed by atoms with Crippen molar-refractivity contribution in [3.05, 3.63) is 63.5 Å². The van der Waals surface area contributed by atoms with Crippen LogP contribution in [-0.2, 0) is 16.2 Å². The van der Waals surface area contributed by atoms with Crippen LogP contribution in [0.4, 0.5) is 4.79 Å². The summed E-state index contributed by atoms with van der Waals surface area (Å²) in [7, 11) is 0. The number of amides is 3. The van der Waals surface area contributed by atoms with E-state index in [4.69, 9.17) is 21.1 Å². The highest BCUT2D eigenvalue weighted by atomic mass is 35.5. The molecule has 7 nitrogen and oxygen atoms in total. The minimum atomic E-state index is -0.452. The summed E-state index contributed by atoms with van der Waals surface area (Å²) in [6.07, 6.45) is 4.65. The lowest BCUT2D eigenvalue weighted by Gasteiger charge is -2.27. The van der Waals surface area contributed by atoms with Gasteiger partial charge < -0.3 is 14.4 Å². The van der Waals surface area contributed by atoms with E-state index in [9.17, 15) is 14.4 Å². The third-order valence-electron chi connectivity index (χ3n) is 5.75. The summed E-state index contributed by atoms with van der Waals surface area (Å²) in [4.78, 5) is 40.9. The Bertz CT molecular complexity index is 1130. The minimum absolute atomic E-state index is 0.186. The zero-order chi connectivity index (χ0) is 24.8. The SMILES string of the molecule is CCOc1cc(/C=C2\SC(=O)N(CC(=O)N3CCCCC3)C2=O)ccc1OCc1ccc(Cl)cc1. The number of halogens is 1. The van der Waals surface area contributed by atoms with Gasteiger partial charge in [0.15, 0.2) is 11.5 Å². The molecule has 2 fully saturated rings. The van der Waals surface area contributed by atoms with E-state index in [0.29, 0.717) is 48.4 Å². The second-order valence-corrected chi connectivity index (χ2v) is 9.69. The highest BCUT2D eigenvalue weighted by Crippen LogP contribution is 2.35. The lowest BCUT2D eigenvalue weighted by Crippen LogP contribution is -2.44. The van der Waals surface area contributed by atoms with Gasteiger partial charge in [0.2, 0.25) is 5.91 Å². The first-order valence-electron chi connectivity index (χ1n) is 11.6. The first-order valence-corrected chi connectivity index (χ1v) is 12.8. The Morgan fingerprint density at radius 2 is 1.77 bits per heavy atom. The molecular weight excluding hydrogens is 488 g/mol. The van der Waals surface area contributed by atoms with Gasteiger partial charge in [0.25, 0.3) is 11.1 Å². The Kier molecular flexibility index (Phi) is 8.36. The second-order valence-electron chi connectivity index (χ2n) is 8.26. The number of benzene rings is 2. The molecule has 2 aromatic rings. The average molecular weight is 515 g/mol. The van der Waals surface area contributed by atoms with Crippen molar-refractivity contribution in [2.75, 3.05) is 26.2 Å². The van der Waals surface area contributed by atoms with Gasteiger partial charge in [-0.15, -0.1) is 0 Å². The van der Waals surface area contributed by atoms with Gasteiger partial charge in [-0.3, -0.25) is 19.3 Å². The van der Waals surface area contributed by atoms with Crippen LogP contribution in [0.25, 0.3) is 6.08 Å². The molecule has 4 rings (SSSR count). The third kappa shape index (κ3) is 6.38. The summed E-state index contributed by atoms with van der Waals surface area (Å²) in [6, 6.07) is 12.7. The zero-order valence-corrected chi connectivity index (χ0v) is 21.1. The molecule has 0 atom stereocenters. The predicted octanol–water partition coefficient (Wildman–Crippen LogP) is 5.37. The molecule has 2 heterocycles. The van der Waals surface area contributed by atoms with Gasteiger partial charge in [-0.1, -0.05) is 29.8 Å². The van der Waals surface area contributed by atoms with Gasteiger partial charge >= 0.3 is 0 Å². The van der Waals surface area contributed by atoms with Crippen molar-refractivity contribution < 1.29 is 23.9 Å². The van der Waals surface area contributed by atoms with Crippen molar-refractivity contribution in [3.8, 4) is 11.5 Å². The fourth-order valence-electron chi connectivity index (χ4n) is 3.91. The number of carbonyl (C=O) groups excluding carboxylic acids is 3. The number of piperidine rings is 1. The lowest BCUT2D eigenvalue weighted by molar-refractivity contribution is -0.136. The van der Waals surface area contributed by atoms with Gasteiger partial charge in [-0.2, -0.15) is 0 Å². The fraction of sp³-hybridized carbons (Fsp3) is 0.346. The molecule has 0 aliphatic carbocycles. The molecule has 2 aliphatic rings. The molecule has 2 aliphatic heterocycles. The summed E-state index contributed by atoms with van der Waals surface area (Å²) in [5.74, 6) is 0.467. The molecule has 0 radical (unpaired) electrons. The summed E-state index contributed by atoms with van der Waals surface area (Å²) >= 11 is 6.78. The molecule has 0 N–H and O–H groups in total. The number of hydrogen-bond donors (Lipinski definition) is 0. The molecule has 2 aromatic carbocycles.